The van der Waals surface area contributed by atoms with Crippen LogP contribution in [0.3, 0.4) is 0 Å². The average molecular weight is 264 g/mol. The molecule has 0 aliphatic heterocycles. The van der Waals surface area contributed by atoms with Crippen LogP contribution in [0.2, 0.25) is 0 Å². The van der Waals surface area contributed by atoms with Crippen molar-refractivity contribution < 1.29 is 4.74 Å². The maximum atomic E-state index is 5.39. The Labute approximate surface area is 115 Å². The lowest BCUT2D eigenvalue weighted by Crippen LogP contribution is -2.21. The molecule has 1 heterocycles. The maximum absolute atomic E-state index is 5.39. The van der Waals surface area contributed by atoms with E-state index in [4.69, 9.17) is 4.74 Å². The number of aromatic nitrogens is 2. The van der Waals surface area contributed by atoms with E-state index in [-0.39, 0.29) is 0 Å². The zero-order valence-corrected chi connectivity index (χ0v) is 11.9. The molecular weight excluding hydrogens is 240 g/mol. The molecule has 0 aromatic carbocycles. The van der Waals surface area contributed by atoms with E-state index in [2.05, 4.69) is 27.5 Å². The molecule has 1 saturated carbocycles. The third-order valence-corrected chi connectivity index (χ3v) is 3.36. The SMILES string of the molecule is CCNc1cc(NCC2CCC2)nc(COCC)n1. The Balaban J connectivity index is 1.99. The van der Waals surface area contributed by atoms with Gasteiger partial charge in [-0.2, -0.15) is 0 Å². The summed E-state index contributed by atoms with van der Waals surface area (Å²) < 4.78 is 5.39. The van der Waals surface area contributed by atoms with Gasteiger partial charge in [-0.15, -0.1) is 0 Å². The molecule has 0 saturated heterocycles. The highest BCUT2D eigenvalue weighted by Gasteiger charge is 2.17. The van der Waals surface area contributed by atoms with Gasteiger partial charge in [-0.05, 0) is 32.6 Å². The molecule has 2 rings (SSSR count). The molecule has 0 bridgehead atoms. The zero-order valence-electron chi connectivity index (χ0n) is 11.9. The van der Waals surface area contributed by atoms with Gasteiger partial charge in [0.15, 0.2) is 5.82 Å². The summed E-state index contributed by atoms with van der Waals surface area (Å²) in [6, 6.07) is 1.97. The van der Waals surface area contributed by atoms with E-state index in [9.17, 15) is 0 Å². The lowest BCUT2D eigenvalue weighted by atomic mass is 9.85. The van der Waals surface area contributed by atoms with E-state index in [1.54, 1.807) is 0 Å². The summed E-state index contributed by atoms with van der Waals surface area (Å²) in [5, 5.41) is 6.65. The van der Waals surface area contributed by atoms with E-state index < -0.39 is 0 Å². The second kappa shape index (κ2) is 7.28. The minimum Gasteiger partial charge on any atom is -0.374 e. The van der Waals surface area contributed by atoms with Crippen LogP contribution in [0.4, 0.5) is 11.6 Å². The summed E-state index contributed by atoms with van der Waals surface area (Å²) in [5.41, 5.74) is 0. The molecule has 1 aromatic heterocycles. The van der Waals surface area contributed by atoms with Crippen molar-refractivity contribution in [2.75, 3.05) is 30.3 Å². The molecule has 2 N–H and O–H groups in total. The topological polar surface area (TPSA) is 59.1 Å². The molecule has 0 unspecified atom stereocenters. The van der Waals surface area contributed by atoms with Gasteiger partial charge in [0, 0.05) is 25.8 Å². The zero-order chi connectivity index (χ0) is 13.5. The predicted octanol–water partition coefficient (Wildman–Crippen LogP) is 2.66. The van der Waals surface area contributed by atoms with Crippen LogP contribution in [0.5, 0.6) is 0 Å². The summed E-state index contributed by atoms with van der Waals surface area (Å²) in [6.45, 7) is 7.05. The van der Waals surface area contributed by atoms with Crippen molar-refractivity contribution >= 4 is 11.6 Å². The fourth-order valence-electron chi connectivity index (χ4n) is 2.06. The lowest BCUT2D eigenvalue weighted by molar-refractivity contribution is 0.128. The molecule has 0 amide bonds. The fourth-order valence-corrected chi connectivity index (χ4v) is 2.06. The van der Waals surface area contributed by atoms with E-state index in [1.165, 1.54) is 19.3 Å². The molecule has 1 aromatic rings. The first-order valence-corrected chi connectivity index (χ1v) is 7.25. The first-order valence-electron chi connectivity index (χ1n) is 7.25. The van der Waals surface area contributed by atoms with E-state index in [0.29, 0.717) is 13.2 Å². The van der Waals surface area contributed by atoms with Crippen LogP contribution < -0.4 is 10.6 Å². The van der Waals surface area contributed by atoms with Crippen LogP contribution in [-0.4, -0.2) is 29.7 Å². The van der Waals surface area contributed by atoms with Crippen LogP contribution in [0.1, 0.15) is 38.9 Å². The molecule has 1 fully saturated rings. The van der Waals surface area contributed by atoms with E-state index in [1.807, 2.05) is 13.0 Å². The first-order chi connectivity index (χ1) is 9.31. The second-order valence-electron chi connectivity index (χ2n) is 4.90. The largest absolute Gasteiger partial charge is 0.374 e. The lowest BCUT2D eigenvalue weighted by Gasteiger charge is -2.25. The second-order valence-corrected chi connectivity index (χ2v) is 4.90. The maximum Gasteiger partial charge on any atom is 0.158 e. The van der Waals surface area contributed by atoms with Crippen molar-refractivity contribution in [3.8, 4) is 0 Å². The third kappa shape index (κ3) is 4.35. The van der Waals surface area contributed by atoms with E-state index >= 15 is 0 Å². The van der Waals surface area contributed by atoms with Gasteiger partial charge >= 0.3 is 0 Å². The molecule has 19 heavy (non-hydrogen) atoms. The van der Waals surface area contributed by atoms with Gasteiger partial charge in [-0.3, -0.25) is 0 Å². The number of nitrogens with one attached hydrogen (secondary N) is 2. The molecule has 5 heteroatoms. The molecule has 1 aliphatic rings. The summed E-state index contributed by atoms with van der Waals surface area (Å²) in [5.74, 6) is 3.31. The van der Waals surface area contributed by atoms with Gasteiger partial charge < -0.3 is 15.4 Å². The number of hydrogen-bond donors (Lipinski definition) is 2. The van der Waals surface area contributed by atoms with Crippen LogP contribution in [0, 0.1) is 5.92 Å². The van der Waals surface area contributed by atoms with Gasteiger partial charge in [0.2, 0.25) is 0 Å². The van der Waals surface area contributed by atoms with Crippen LogP contribution in [0.15, 0.2) is 6.07 Å². The van der Waals surface area contributed by atoms with Crippen molar-refractivity contribution in [1.82, 2.24) is 9.97 Å². The van der Waals surface area contributed by atoms with Crippen molar-refractivity contribution in [1.29, 1.82) is 0 Å². The Hall–Kier alpha value is -1.36. The quantitative estimate of drug-likeness (QED) is 0.756. The van der Waals surface area contributed by atoms with Gasteiger partial charge in [-0.25, -0.2) is 9.97 Å². The summed E-state index contributed by atoms with van der Waals surface area (Å²) in [6.07, 6.45) is 4.04. The molecule has 1 aliphatic carbocycles. The highest BCUT2D eigenvalue weighted by Crippen LogP contribution is 2.26. The Bertz CT molecular complexity index is 393. The Kier molecular flexibility index (Phi) is 5.39. The minimum absolute atomic E-state index is 0.466. The molecule has 0 radical (unpaired) electrons. The number of rotatable bonds is 8. The van der Waals surface area contributed by atoms with Crippen molar-refractivity contribution in [2.45, 2.75) is 39.7 Å². The third-order valence-electron chi connectivity index (χ3n) is 3.36. The Morgan fingerprint density at radius 2 is 1.95 bits per heavy atom. The summed E-state index contributed by atoms with van der Waals surface area (Å²) in [4.78, 5) is 8.93. The predicted molar refractivity (Wildman–Crippen MR) is 77.4 cm³/mol. The highest BCUT2D eigenvalue weighted by atomic mass is 16.5. The van der Waals surface area contributed by atoms with Crippen molar-refractivity contribution in [3.63, 3.8) is 0 Å². The smallest absolute Gasteiger partial charge is 0.158 e. The molecular formula is C14H24N4O. The Morgan fingerprint density at radius 1 is 1.21 bits per heavy atom. The molecule has 0 spiro atoms. The number of nitrogens with zero attached hydrogens (tertiary/aromatic N) is 2. The minimum atomic E-state index is 0.466. The van der Waals surface area contributed by atoms with E-state index in [0.717, 1.165) is 36.5 Å². The standard InChI is InChI=1S/C14H24N4O/c1-3-15-12-8-13(16-9-11-6-5-7-11)18-14(17-12)10-19-4-2/h8,11H,3-7,9-10H2,1-2H3,(H2,15,16,17,18). The van der Waals surface area contributed by atoms with Crippen LogP contribution in [-0.2, 0) is 11.3 Å². The molecule has 5 nitrogen and oxygen atoms in total. The Morgan fingerprint density at radius 3 is 2.53 bits per heavy atom. The normalized spacial score (nSPS) is 15.1. The number of anilines is 2. The number of ether oxygens (including phenoxy) is 1. The van der Waals surface area contributed by atoms with Crippen LogP contribution >= 0.6 is 0 Å². The van der Waals surface area contributed by atoms with Gasteiger partial charge in [-0.1, -0.05) is 6.42 Å². The van der Waals surface area contributed by atoms with Gasteiger partial charge in [0.1, 0.15) is 18.2 Å². The van der Waals surface area contributed by atoms with Crippen molar-refractivity contribution in [2.24, 2.45) is 5.92 Å². The molecule has 106 valence electrons. The monoisotopic (exact) mass is 264 g/mol. The van der Waals surface area contributed by atoms with Gasteiger partial charge in [0.25, 0.3) is 0 Å². The first kappa shape index (κ1) is 14.1. The highest BCUT2D eigenvalue weighted by molar-refractivity contribution is 5.47. The summed E-state index contributed by atoms with van der Waals surface area (Å²) in [7, 11) is 0. The van der Waals surface area contributed by atoms with Gasteiger partial charge in [0.05, 0.1) is 0 Å². The van der Waals surface area contributed by atoms with Crippen molar-refractivity contribution in [3.05, 3.63) is 11.9 Å². The average Bonchev–Trinajstić information content (AvgIpc) is 2.35. The summed E-state index contributed by atoms with van der Waals surface area (Å²) >= 11 is 0. The molecule has 0 atom stereocenters. The number of hydrogen-bond acceptors (Lipinski definition) is 5. The fraction of sp³-hybridized carbons (Fsp3) is 0.714. The van der Waals surface area contributed by atoms with Crippen LogP contribution in [0.25, 0.3) is 0 Å².